The molecule has 0 aliphatic heterocycles. The van der Waals surface area contributed by atoms with Crippen molar-refractivity contribution in [2.45, 2.75) is 44.3 Å². The molecule has 0 fully saturated rings. The lowest BCUT2D eigenvalue weighted by atomic mass is 10.0. The Labute approximate surface area is 241 Å². The minimum atomic E-state index is -4.69. The molecule has 0 bridgehead atoms. The maximum atomic E-state index is 13.3. The molecule has 1 heterocycles. The Morgan fingerprint density at radius 2 is 1.81 bits per heavy atom. The number of hydrogen-bond donors (Lipinski definition) is 3. The van der Waals surface area contributed by atoms with Gasteiger partial charge in [-0.2, -0.15) is 13.2 Å². The highest BCUT2D eigenvalue weighted by atomic mass is 35.5. The SMILES string of the molecule is COCCNC(=O)CC(NC(=O)Cn1nc(-c2ccc(Cl)cc2)n(CC(O)C(F)F)c1=O)c1cccc(C(F)(F)F)c1. The highest BCUT2D eigenvalue weighted by Gasteiger charge is 2.32. The number of carbonyl (C=O) groups excluding carboxylic acids is 2. The van der Waals surface area contributed by atoms with Crippen molar-refractivity contribution in [1.29, 1.82) is 0 Å². The van der Waals surface area contributed by atoms with E-state index < -0.39 is 67.3 Å². The van der Waals surface area contributed by atoms with E-state index in [4.69, 9.17) is 16.3 Å². The van der Waals surface area contributed by atoms with Crippen LogP contribution >= 0.6 is 11.6 Å². The highest BCUT2D eigenvalue weighted by molar-refractivity contribution is 6.30. The molecule has 0 saturated heterocycles. The predicted molar refractivity (Wildman–Crippen MR) is 141 cm³/mol. The first-order valence-corrected chi connectivity index (χ1v) is 12.8. The van der Waals surface area contributed by atoms with E-state index in [1.165, 1.54) is 37.4 Å². The number of ether oxygens (including phenoxy) is 1. The van der Waals surface area contributed by atoms with Crippen molar-refractivity contribution in [3.63, 3.8) is 0 Å². The molecule has 42 heavy (non-hydrogen) atoms. The molecular weight excluding hydrogens is 593 g/mol. The zero-order valence-electron chi connectivity index (χ0n) is 22.1. The molecular formula is C26H27ClF5N5O5. The van der Waals surface area contributed by atoms with Gasteiger partial charge < -0.3 is 20.5 Å². The third-order valence-electron chi connectivity index (χ3n) is 5.95. The van der Waals surface area contributed by atoms with Crippen LogP contribution in [-0.2, 0) is 33.6 Å². The summed E-state index contributed by atoms with van der Waals surface area (Å²) in [5.74, 6) is -1.65. The monoisotopic (exact) mass is 619 g/mol. The normalized spacial score (nSPS) is 13.2. The van der Waals surface area contributed by atoms with Gasteiger partial charge in [0.25, 0.3) is 6.43 Å². The van der Waals surface area contributed by atoms with Gasteiger partial charge in [-0.1, -0.05) is 23.7 Å². The molecule has 3 aromatic rings. The standard InChI is InChI=1S/C26H27ClF5N5O5/c1-42-10-9-33-21(39)12-19(16-3-2-4-17(11-16)26(30,31)32)34-22(40)14-37-25(41)36(13-20(38)23(28)29)24(35-37)15-5-7-18(27)8-6-15/h2-8,11,19-20,23,38H,9-10,12-14H2,1H3,(H,33,39)(H,34,40). The van der Waals surface area contributed by atoms with E-state index in [9.17, 15) is 41.4 Å². The lowest BCUT2D eigenvalue weighted by Crippen LogP contribution is -2.39. The van der Waals surface area contributed by atoms with Crippen LogP contribution in [0, 0.1) is 0 Å². The van der Waals surface area contributed by atoms with Crippen molar-refractivity contribution in [2.24, 2.45) is 0 Å². The molecule has 2 atom stereocenters. The fourth-order valence-electron chi connectivity index (χ4n) is 3.90. The molecule has 2 unspecified atom stereocenters. The second-order valence-corrected chi connectivity index (χ2v) is 9.51. The van der Waals surface area contributed by atoms with Gasteiger partial charge in [0.1, 0.15) is 12.6 Å². The molecule has 3 N–H and O–H groups in total. The molecule has 228 valence electrons. The molecule has 10 nitrogen and oxygen atoms in total. The topological polar surface area (TPSA) is 127 Å². The minimum Gasteiger partial charge on any atom is -0.385 e. The van der Waals surface area contributed by atoms with Crippen molar-refractivity contribution in [3.8, 4) is 11.4 Å². The van der Waals surface area contributed by atoms with Crippen LogP contribution in [0.15, 0.2) is 53.3 Å². The molecule has 0 saturated carbocycles. The van der Waals surface area contributed by atoms with Crippen LogP contribution < -0.4 is 16.3 Å². The van der Waals surface area contributed by atoms with Crippen LogP contribution in [0.3, 0.4) is 0 Å². The second-order valence-electron chi connectivity index (χ2n) is 9.07. The van der Waals surface area contributed by atoms with E-state index in [2.05, 4.69) is 15.7 Å². The van der Waals surface area contributed by atoms with Gasteiger partial charge in [0.15, 0.2) is 5.82 Å². The van der Waals surface area contributed by atoms with Crippen molar-refractivity contribution in [1.82, 2.24) is 25.0 Å². The Morgan fingerprint density at radius 1 is 1.12 bits per heavy atom. The summed E-state index contributed by atoms with van der Waals surface area (Å²) in [6, 6.07) is 8.62. The molecule has 2 aromatic carbocycles. The summed E-state index contributed by atoms with van der Waals surface area (Å²) in [6.45, 7) is -1.33. The number of benzene rings is 2. The number of methoxy groups -OCH3 is 1. The van der Waals surface area contributed by atoms with Crippen molar-refractivity contribution >= 4 is 23.4 Å². The number of amides is 2. The van der Waals surface area contributed by atoms with E-state index in [1.807, 2.05) is 0 Å². The molecule has 16 heteroatoms. The number of aliphatic hydroxyl groups is 1. The quantitative estimate of drug-likeness (QED) is 0.199. The summed E-state index contributed by atoms with van der Waals surface area (Å²) >= 11 is 5.89. The highest BCUT2D eigenvalue weighted by Crippen LogP contribution is 2.31. The Hall–Kier alpha value is -3.82. The van der Waals surface area contributed by atoms with Crippen LogP contribution in [-0.4, -0.2) is 64.1 Å². The summed E-state index contributed by atoms with van der Waals surface area (Å²) in [5.41, 5.74) is -1.77. The number of aliphatic hydroxyl groups excluding tert-OH is 1. The summed E-state index contributed by atoms with van der Waals surface area (Å²) in [6.07, 6.45) is -10.5. The second kappa shape index (κ2) is 14.4. The van der Waals surface area contributed by atoms with Gasteiger partial charge >= 0.3 is 11.9 Å². The van der Waals surface area contributed by atoms with Crippen LogP contribution in [0.5, 0.6) is 0 Å². The Morgan fingerprint density at radius 3 is 2.43 bits per heavy atom. The van der Waals surface area contributed by atoms with Crippen LogP contribution in [0.1, 0.15) is 23.6 Å². The zero-order valence-corrected chi connectivity index (χ0v) is 22.8. The summed E-state index contributed by atoms with van der Waals surface area (Å²) < 4.78 is 72.4. The number of alkyl halides is 5. The fourth-order valence-corrected chi connectivity index (χ4v) is 4.02. The first-order valence-electron chi connectivity index (χ1n) is 12.4. The van der Waals surface area contributed by atoms with Gasteiger partial charge in [-0.05, 0) is 42.0 Å². The number of nitrogens with one attached hydrogen (secondary N) is 2. The molecule has 0 aliphatic rings. The summed E-state index contributed by atoms with van der Waals surface area (Å²) in [4.78, 5) is 38.5. The maximum absolute atomic E-state index is 13.3. The third kappa shape index (κ3) is 8.84. The Bertz CT molecular complexity index is 1430. The van der Waals surface area contributed by atoms with Crippen molar-refractivity contribution in [2.75, 3.05) is 20.3 Å². The molecule has 2 amide bonds. The largest absolute Gasteiger partial charge is 0.416 e. The van der Waals surface area contributed by atoms with Crippen molar-refractivity contribution in [3.05, 3.63) is 75.2 Å². The average molecular weight is 620 g/mol. The molecule has 3 rings (SSSR count). The van der Waals surface area contributed by atoms with Gasteiger partial charge in [-0.3, -0.25) is 14.2 Å². The van der Waals surface area contributed by atoms with Gasteiger partial charge in [0.2, 0.25) is 11.8 Å². The van der Waals surface area contributed by atoms with E-state index in [0.717, 1.165) is 22.8 Å². The van der Waals surface area contributed by atoms with Crippen LogP contribution in [0.2, 0.25) is 5.02 Å². The molecule has 1 aromatic heterocycles. The number of aromatic nitrogens is 3. The lowest BCUT2D eigenvalue weighted by Gasteiger charge is -2.20. The lowest BCUT2D eigenvalue weighted by molar-refractivity contribution is -0.137. The maximum Gasteiger partial charge on any atom is 0.416 e. The first-order chi connectivity index (χ1) is 19.8. The minimum absolute atomic E-state index is 0.0279. The first kappa shape index (κ1) is 32.7. The van der Waals surface area contributed by atoms with Gasteiger partial charge in [0, 0.05) is 24.2 Å². The van der Waals surface area contributed by atoms with Gasteiger partial charge in [-0.15, -0.1) is 5.10 Å². The third-order valence-corrected chi connectivity index (χ3v) is 6.20. The molecule has 0 spiro atoms. The van der Waals surface area contributed by atoms with Crippen LogP contribution in [0.4, 0.5) is 22.0 Å². The summed E-state index contributed by atoms with van der Waals surface area (Å²) in [5, 5.41) is 19.1. The molecule has 0 radical (unpaired) electrons. The van der Waals surface area contributed by atoms with E-state index in [1.54, 1.807) is 0 Å². The van der Waals surface area contributed by atoms with E-state index >= 15 is 0 Å². The van der Waals surface area contributed by atoms with Gasteiger partial charge in [-0.25, -0.2) is 18.3 Å². The van der Waals surface area contributed by atoms with E-state index in [-0.39, 0.29) is 30.1 Å². The average Bonchev–Trinajstić information content (AvgIpc) is 3.22. The number of nitrogens with zero attached hydrogens (tertiary/aromatic N) is 3. The Kier molecular flexibility index (Phi) is 11.2. The zero-order chi connectivity index (χ0) is 31.0. The van der Waals surface area contributed by atoms with Gasteiger partial charge in [0.05, 0.1) is 31.2 Å². The summed E-state index contributed by atoms with van der Waals surface area (Å²) in [7, 11) is 1.41. The Balaban J connectivity index is 1.91. The smallest absolute Gasteiger partial charge is 0.385 e. The number of rotatable bonds is 13. The van der Waals surface area contributed by atoms with Crippen LogP contribution in [0.25, 0.3) is 11.4 Å². The number of hydrogen-bond acceptors (Lipinski definition) is 6. The fraction of sp³-hybridized carbons (Fsp3) is 0.385. The number of halogens is 6. The van der Waals surface area contributed by atoms with Crippen molar-refractivity contribution < 1.29 is 41.4 Å². The van der Waals surface area contributed by atoms with E-state index in [0.29, 0.717) is 9.70 Å². The molecule has 0 aliphatic carbocycles. The number of carbonyl (C=O) groups is 2. The predicted octanol–water partition coefficient (Wildman–Crippen LogP) is 3.02.